The van der Waals surface area contributed by atoms with Gasteiger partial charge in [-0.2, -0.15) is 0 Å². The van der Waals surface area contributed by atoms with Crippen LogP contribution in [0.2, 0.25) is 0 Å². The molecule has 2 rings (SSSR count). The van der Waals surface area contributed by atoms with Crippen molar-refractivity contribution >= 4 is 0 Å². The lowest BCUT2D eigenvalue weighted by atomic mass is 9.98. The molecule has 2 heteroatoms. The molecule has 1 aromatic rings. The smallest absolute Gasteiger partial charge is 0.0639 e. The first-order chi connectivity index (χ1) is 7.29. The second kappa shape index (κ2) is 4.77. The summed E-state index contributed by atoms with van der Waals surface area (Å²) in [6.07, 6.45) is 2.78. The highest BCUT2D eigenvalue weighted by atomic mass is 15.2. The minimum atomic E-state index is 0.176. The van der Waals surface area contributed by atoms with Crippen LogP contribution in [0.15, 0.2) is 30.3 Å². The number of hydrogen-bond acceptors (Lipinski definition) is 2. The van der Waals surface area contributed by atoms with Crippen LogP contribution in [-0.2, 0) is 0 Å². The Balaban J connectivity index is 2.03. The van der Waals surface area contributed by atoms with E-state index in [2.05, 4.69) is 42.2 Å². The SMILES string of the molecule is C[C@@H](c1ccccc1)C(N)N1CCCC1. The Hall–Kier alpha value is -0.860. The van der Waals surface area contributed by atoms with Crippen molar-refractivity contribution in [3.63, 3.8) is 0 Å². The van der Waals surface area contributed by atoms with Crippen LogP contribution in [0.25, 0.3) is 0 Å². The zero-order chi connectivity index (χ0) is 10.7. The first kappa shape index (κ1) is 10.7. The fourth-order valence-corrected chi connectivity index (χ4v) is 2.31. The Morgan fingerprint density at radius 1 is 1.13 bits per heavy atom. The van der Waals surface area contributed by atoms with Crippen LogP contribution in [0.3, 0.4) is 0 Å². The summed E-state index contributed by atoms with van der Waals surface area (Å²) in [5.74, 6) is 0.421. The van der Waals surface area contributed by atoms with Crippen LogP contribution in [0.5, 0.6) is 0 Å². The molecule has 2 N–H and O–H groups in total. The number of benzene rings is 1. The van der Waals surface area contributed by atoms with E-state index in [1.165, 1.54) is 31.5 Å². The van der Waals surface area contributed by atoms with E-state index in [0.29, 0.717) is 5.92 Å². The van der Waals surface area contributed by atoms with E-state index in [0.717, 1.165) is 0 Å². The van der Waals surface area contributed by atoms with Gasteiger partial charge in [0.05, 0.1) is 6.17 Å². The molecule has 82 valence electrons. The van der Waals surface area contributed by atoms with Gasteiger partial charge in [-0.05, 0) is 31.5 Å². The minimum Gasteiger partial charge on any atom is -0.315 e. The van der Waals surface area contributed by atoms with Gasteiger partial charge in [-0.15, -0.1) is 0 Å². The second-order valence-corrected chi connectivity index (χ2v) is 4.43. The maximum atomic E-state index is 6.28. The summed E-state index contributed by atoms with van der Waals surface area (Å²) in [4.78, 5) is 2.40. The van der Waals surface area contributed by atoms with Crippen molar-refractivity contribution in [2.75, 3.05) is 13.1 Å². The van der Waals surface area contributed by atoms with Crippen molar-refractivity contribution in [2.45, 2.75) is 31.8 Å². The Morgan fingerprint density at radius 3 is 2.33 bits per heavy atom. The third-order valence-corrected chi connectivity index (χ3v) is 3.40. The maximum Gasteiger partial charge on any atom is 0.0639 e. The molecule has 1 unspecified atom stereocenters. The monoisotopic (exact) mass is 204 g/mol. The molecule has 1 aliphatic heterocycles. The lowest BCUT2D eigenvalue weighted by molar-refractivity contribution is 0.221. The fraction of sp³-hybridized carbons (Fsp3) is 0.538. The van der Waals surface area contributed by atoms with Gasteiger partial charge in [0.25, 0.3) is 0 Å². The number of likely N-dealkylation sites (tertiary alicyclic amines) is 1. The molecule has 0 aromatic heterocycles. The Labute approximate surface area is 92.1 Å². The summed E-state index contributed by atoms with van der Waals surface area (Å²) >= 11 is 0. The lowest BCUT2D eigenvalue weighted by Crippen LogP contribution is -2.43. The molecule has 2 atom stereocenters. The van der Waals surface area contributed by atoms with Gasteiger partial charge in [0.2, 0.25) is 0 Å². The molecular formula is C13H20N2. The van der Waals surface area contributed by atoms with Crippen molar-refractivity contribution in [1.29, 1.82) is 0 Å². The molecule has 1 aliphatic rings. The summed E-state index contributed by atoms with van der Waals surface area (Å²) in [6.45, 7) is 4.55. The van der Waals surface area contributed by atoms with E-state index >= 15 is 0 Å². The minimum absolute atomic E-state index is 0.176. The number of rotatable bonds is 3. The predicted octanol–water partition coefficient (Wildman–Crippen LogP) is 2.17. The van der Waals surface area contributed by atoms with E-state index in [1.807, 2.05) is 0 Å². The Kier molecular flexibility index (Phi) is 3.39. The van der Waals surface area contributed by atoms with Crippen molar-refractivity contribution in [1.82, 2.24) is 4.90 Å². The third kappa shape index (κ3) is 2.39. The van der Waals surface area contributed by atoms with Crippen LogP contribution >= 0.6 is 0 Å². The van der Waals surface area contributed by atoms with Gasteiger partial charge in [0.1, 0.15) is 0 Å². The topological polar surface area (TPSA) is 29.3 Å². The van der Waals surface area contributed by atoms with Crippen molar-refractivity contribution in [2.24, 2.45) is 5.73 Å². The second-order valence-electron chi connectivity index (χ2n) is 4.43. The first-order valence-corrected chi connectivity index (χ1v) is 5.83. The van der Waals surface area contributed by atoms with Gasteiger partial charge in [0.15, 0.2) is 0 Å². The van der Waals surface area contributed by atoms with E-state index in [-0.39, 0.29) is 6.17 Å². The van der Waals surface area contributed by atoms with E-state index in [4.69, 9.17) is 5.73 Å². The van der Waals surface area contributed by atoms with Gasteiger partial charge in [-0.25, -0.2) is 0 Å². The van der Waals surface area contributed by atoms with Crippen molar-refractivity contribution in [3.05, 3.63) is 35.9 Å². The van der Waals surface area contributed by atoms with Gasteiger partial charge >= 0.3 is 0 Å². The van der Waals surface area contributed by atoms with Crippen LogP contribution < -0.4 is 5.73 Å². The molecule has 0 bridgehead atoms. The average Bonchev–Trinajstić information content (AvgIpc) is 2.82. The highest BCUT2D eigenvalue weighted by molar-refractivity contribution is 5.20. The molecule has 0 spiro atoms. The van der Waals surface area contributed by atoms with Crippen LogP contribution in [0.4, 0.5) is 0 Å². The number of hydrogen-bond donors (Lipinski definition) is 1. The molecule has 0 saturated carbocycles. The largest absolute Gasteiger partial charge is 0.315 e. The van der Waals surface area contributed by atoms with Crippen LogP contribution in [-0.4, -0.2) is 24.2 Å². The highest BCUT2D eigenvalue weighted by Gasteiger charge is 2.23. The number of nitrogens with two attached hydrogens (primary N) is 1. The highest BCUT2D eigenvalue weighted by Crippen LogP contribution is 2.22. The quantitative estimate of drug-likeness (QED) is 0.817. The zero-order valence-electron chi connectivity index (χ0n) is 9.39. The fourth-order valence-electron chi connectivity index (χ4n) is 2.31. The van der Waals surface area contributed by atoms with Gasteiger partial charge in [-0.3, -0.25) is 4.90 Å². The molecule has 1 fully saturated rings. The average molecular weight is 204 g/mol. The van der Waals surface area contributed by atoms with Gasteiger partial charge < -0.3 is 5.73 Å². The summed E-state index contributed by atoms with van der Waals surface area (Å²) < 4.78 is 0. The molecule has 1 aromatic carbocycles. The molecule has 1 heterocycles. The molecule has 0 radical (unpaired) electrons. The lowest BCUT2D eigenvalue weighted by Gasteiger charge is -2.29. The standard InChI is InChI=1S/C13H20N2/c1-11(12-7-3-2-4-8-12)13(14)15-9-5-6-10-15/h2-4,7-8,11,13H,5-6,9-10,14H2,1H3/t11-,13?/m0/s1. The van der Waals surface area contributed by atoms with E-state index in [1.54, 1.807) is 0 Å². The summed E-state index contributed by atoms with van der Waals surface area (Å²) in [7, 11) is 0. The summed E-state index contributed by atoms with van der Waals surface area (Å²) in [6, 6.07) is 10.6. The summed E-state index contributed by atoms with van der Waals surface area (Å²) in [5.41, 5.74) is 7.62. The van der Waals surface area contributed by atoms with E-state index in [9.17, 15) is 0 Å². The Bertz CT molecular complexity index is 291. The first-order valence-electron chi connectivity index (χ1n) is 5.83. The van der Waals surface area contributed by atoms with Gasteiger partial charge in [0, 0.05) is 5.92 Å². The summed E-state index contributed by atoms with van der Waals surface area (Å²) in [5, 5.41) is 0. The molecule has 15 heavy (non-hydrogen) atoms. The maximum absolute atomic E-state index is 6.28. The molecule has 2 nitrogen and oxygen atoms in total. The normalized spacial score (nSPS) is 21.5. The third-order valence-electron chi connectivity index (χ3n) is 3.40. The van der Waals surface area contributed by atoms with E-state index < -0.39 is 0 Å². The predicted molar refractivity (Wildman–Crippen MR) is 63.6 cm³/mol. The molecular weight excluding hydrogens is 184 g/mol. The number of nitrogens with zero attached hydrogens (tertiary/aromatic N) is 1. The van der Waals surface area contributed by atoms with Crippen molar-refractivity contribution in [3.8, 4) is 0 Å². The van der Waals surface area contributed by atoms with Crippen LogP contribution in [0, 0.1) is 0 Å². The van der Waals surface area contributed by atoms with Crippen molar-refractivity contribution < 1.29 is 0 Å². The molecule has 1 saturated heterocycles. The zero-order valence-corrected chi connectivity index (χ0v) is 9.39. The Morgan fingerprint density at radius 2 is 1.73 bits per heavy atom. The van der Waals surface area contributed by atoms with Gasteiger partial charge in [-0.1, -0.05) is 37.3 Å². The molecule has 0 aliphatic carbocycles. The van der Waals surface area contributed by atoms with Crippen LogP contribution in [0.1, 0.15) is 31.2 Å². The molecule has 0 amide bonds.